The molecule has 0 aromatic rings. The molecular weight excluding hydrogens is 224 g/mol. The monoisotopic (exact) mass is 246 g/mol. The van der Waals surface area contributed by atoms with Crippen LogP contribution in [-0.4, -0.2) is 25.0 Å². The number of halogens is 1. The molecule has 1 unspecified atom stereocenters. The molecule has 0 aliphatic carbocycles. The first-order chi connectivity index (χ1) is 7.22. The topological polar surface area (TPSA) is 41.1 Å². The highest BCUT2D eigenvalue weighted by molar-refractivity contribution is 5.85. The van der Waals surface area contributed by atoms with E-state index in [1.54, 1.807) is 0 Å². The summed E-state index contributed by atoms with van der Waals surface area (Å²) in [6.45, 7) is 7.79. The summed E-state index contributed by atoms with van der Waals surface area (Å²) in [4.78, 5) is 11.6. The van der Waals surface area contributed by atoms with Crippen molar-refractivity contribution in [3.63, 3.8) is 0 Å². The molecule has 1 fully saturated rings. The lowest BCUT2D eigenvalue weighted by Gasteiger charge is -2.22. The van der Waals surface area contributed by atoms with Crippen molar-refractivity contribution in [1.82, 2.24) is 10.6 Å². The lowest BCUT2D eigenvalue weighted by molar-refractivity contribution is -0.122. The Morgan fingerprint density at radius 1 is 1.56 bits per heavy atom. The fourth-order valence-corrected chi connectivity index (χ4v) is 1.99. The summed E-state index contributed by atoms with van der Waals surface area (Å²) in [5, 5.41) is 6.30. The largest absolute Gasteiger partial charge is 0.353 e. The van der Waals surface area contributed by atoms with E-state index >= 15 is 0 Å². The van der Waals surface area contributed by atoms with Gasteiger partial charge in [-0.25, -0.2) is 0 Å². The molecule has 0 bridgehead atoms. The van der Waals surface area contributed by atoms with Gasteiger partial charge in [-0.1, -0.05) is 6.08 Å². The van der Waals surface area contributed by atoms with Crippen molar-refractivity contribution in [3.05, 3.63) is 12.7 Å². The summed E-state index contributed by atoms with van der Waals surface area (Å²) in [5.41, 5.74) is 0. The third kappa shape index (κ3) is 6.13. The van der Waals surface area contributed by atoms with Crippen molar-refractivity contribution in [1.29, 1.82) is 0 Å². The summed E-state index contributed by atoms with van der Waals surface area (Å²) in [6, 6.07) is 0.219. The van der Waals surface area contributed by atoms with E-state index in [9.17, 15) is 4.79 Å². The fourth-order valence-electron chi connectivity index (χ4n) is 1.99. The Labute approximate surface area is 104 Å². The van der Waals surface area contributed by atoms with Crippen LogP contribution >= 0.6 is 12.4 Å². The maximum absolute atomic E-state index is 11.6. The Morgan fingerprint density at radius 2 is 2.19 bits per heavy atom. The zero-order valence-corrected chi connectivity index (χ0v) is 10.8. The quantitative estimate of drug-likeness (QED) is 0.728. The van der Waals surface area contributed by atoms with Crippen LogP contribution in [0.15, 0.2) is 12.7 Å². The maximum Gasteiger partial charge on any atom is 0.220 e. The molecule has 3 nitrogen and oxygen atoms in total. The highest BCUT2D eigenvalue weighted by atomic mass is 35.5. The van der Waals surface area contributed by atoms with E-state index in [4.69, 9.17) is 0 Å². The first-order valence-electron chi connectivity index (χ1n) is 5.83. The Bertz CT molecular complexity index is 215. The molecular formula is C12H23ClN2O. The molecule has 0 spiro atoms. The van der Waals surface area contributed by atoms with Crippen LogP contribution in [0.3, 0.4) is 0 Å². The van der Waals surface area contributed by atoms with Gasteiger partial charge in [-0.2, -0.15) is 0 Å². The summed E-state index contributed by atoms with van der Waals surface area (Å²) < 4.78 is 0. The van der Waals surface area contributed by atoms with Gasteiger partial charge in [0.25, 0.3) is 0 Å². The molecule has 16 heavy (non-hydrogen) atoms. The first kappa shape index (κ1) is 15.5. The van der Waals surface area contributed by atoms with E-state index in [0.717, 1.165) is 32.4 Å². The van der Waals surface area contributed by atoms with Crippen molar-refractivity contribution in [3.8, 4) is 0 Å². The minimum absolute atomic E-state index is 0. The number of hydrogen-bond donors (Lipinski definition) is 2. The predicted octanol–water partition coefficient (Wildman–Crippen LogP) is 1.88. The van der Waals surface area contributed by atoms with Gasteiger partial charge in [0.15, 0.2) is 0 Å². The summed E-state index contributed by atoms with van der Waals surface area (Å²) >= 11 is 0. The molecule has 1 amide bonds. The number of nitrogens with one attached hydrogen (secondary N) is 2. The standard InChI is InChI=1S/C12H22N2O.ClH/c1-3-4-10(2)14-12(15)9-11-5-7-13-8-6-11;/h3,10-11,13H,1,4-9H2,2H3,(H,14,15);1H. The number of hydrogen-bond acceptors (Lipinski definition) is 2. The number of carbonyl (C=O) groups excluding carboxylic acids is 1. The van der Waals surface area contributed by atoms with Crippen LogP contribution in [0.5, 0.6) is 0 Å². The van der Waals surface area contributed by atoms with E-state index in [-0.39, 0.29) is 24.4 Å². The molecule has 0 radical (unpaired) electrons. The highest BCUT2D eigenvalue weighted by Gasteiger charge is 2.17. The highest BCUT2D eigenvalue weighted by Crippen LogP contribution is 2.15. The third-order valence-electron chi connectivity index (χ3n) is 2.86. The van der Waals surface area contributed by atoms with Crippen LogP contribution in [0, 0.1) is 5.92 Å². The number of amides is 1. The second-order valence-corrected chi connectivity index (χ2v) is 4.39. The molecule has 2 N–H and O–H groups in total. The number of rotatable bonds is 5. The van der Waals surface area contributed by atoms with E-state index in [2.05, 4.69) is 17.2 Å². The molecule has 94 valence electrons. The van der Waals surface area contributed by atoms with Gasteiger partial charge in [-0.05, 0) is 45.2 Å². The SMILES string of the molecule is C=CCC(C)NC(=O)CC1CCNCC1.Cl. The van der Waals surface area contributed by atoms with Crippen LogP contribution in [0.4, 0.5) is 0 Å². The zero-order valence-electron chi connectivity index (χ0n) is 10.00. The van der Waals surface area contributed by atoms with Crippen LogP contribution in [0.2, 0.25) is 0 Å². The van der Waals surface area contributed by atoms with Crippen LogP contribution < -0.4 is 10.6 Å². The molecule has 1 rings (SSSR count). The zero-order chi connectivity index (χ0) is 11.1. The first-order valence-corrected chi connectivity index (χ1v) is 5.83. The molecule has 1 heterocycles. The average Bonchev–Trinajstić information content (AvgIpc) is 2.19. The molecule has 1 saturated heterocycles. The lowest BCUT2D eigenvalue weighted by atomic mass is 9.94. The van der Waals surface area contributed by atoms with Crippen molar-refractivity contribution in [2.24, 2.45) is 5.92 Å². The Kier molecular flexibility index (Phi) is 8.30. The second-order valence-electron chi connectivity index (χ2n) is 4.39. The average molecular weight is 247 g/mol. The minimum atomic E-state index is 0. The van der Waals surface area contributed by atoms with Gasteiger partial charge in [0.2, 0.25) is 5.91 Å². The molecule has 1 atom stereocenters. The summed E-state index contributed by atoms with van der Waals surface area (Å²) in [6.07, 6.45) is 5.63. The fraction of sp³-hybridized carbons (Fsp3) is 0.750. The predicted molar refractivity (Wildman–Crippen MR) is 69.9 cm³/mol. The third-order valence-corrected chi connectivity index (χ3v) is 2.86. The van der Waals surface area contributed by atoms with E-state index in [0.29, 0.717) is 12.3 Å². The molecule has 4 heteroatoms. The second kappa shape index (κ2) is 8.59. The lowest BCUT2D eigenvalue weighted by Crippen LogP contribution is -2.35. The van der Waals surface area contributed by atoms with Gasteiger partial charge >= 0.3 is 0 Å². The molecule has 0 aromatic heterocycles. The van der Waals surface area contributed by atoms with Gasteiger partial charge < -0.3 is 10.6 Å². The van der Waals surface area contributed by atoms with Crippen molar-refractivity contribution in [2.45, 2.75) is 38.6 Å². The van der Waals surface area contributed by atoms with Gasteiger partial charge in [-0.15, -0.1) is 19.0 Å². The van der Waals surface area contributed by atoms with Gasteiger partial charge in [0.05, 0.1) is 0 Å². The maximum atomic E-state index is 11.6. The number of piperidine rings is 1. The number of carbonyl (C=O) groups is 1. The van der Waals surface area contributed by atoms with Gasteiger partial charge in [0, 0.05) is 12.5 Å². The van der Waals surface area contributed by atoms with Gasteiger partial charge in [-0.3, -0.25) is 4.79 Å². The van der Waals surface area contributed by atoms with E-state index < -0.39 is 0 Å². The molecule has 0 saturated carbocycles. The van der Waals surface area contributed by atoms with E-state index in [1.165, 1.54) is 0 Å². The van der Waals surface area contributed by atoms with E-state index in [1.807, 2.05) is 13.0 Å². The van der Waals surface area contributed by atoms with Crippen molar-refractivity contribution >= 4 is 18.3 Å². The molecule has 0 aromatic carbocycles. The van der Waals surface area contributed by atoms with Crippen LogP contribution in [-0.2, 0) is 4.79 Å². The Morgan fingerprint density at radius 3 is 2.75 bits per heavy atom. The summed E-state index contributed by atoms with van der Waals surface area (Å²) in [5.74, 6) is 0.762. The normalized spacial score (nSPS) is 18.3. The van der Waals surface area contributed by atoms with Gasteiger partial charge in [0.1, 0.15) is 0 Å². The molecule has 1 aliphatic heterocycles. The smallest absolute Gasteiger partial charge is 0.220 e. The molecule has 1 aliphatic rings. The minimum Gasteiger partial charge on any atom is -0.353 e. The summed E-state index contributed by atoms with van der Waals surface area (Å²) in [7, 11) is 0. The Hall–Kier alpha value is -0.540. The van der Waals surface area contributed by atoms with Crippen molar-refractivity contribution < 1.29 is 4.79 Å². The van der Waals surface area contributed by atoms with Crippen LogP contribution in [0.25, 0.3) is 0 Å². The Balaban J connectivity index is 0.00000225. The van der Waals surface area contributed by atoms with Crippen LogP contribution in [0.1, 0.15) is 32.6 Å². The van der Waals surface area contributed by atoms with Crippen molar-refractivity contribution in [2.75, 3.05) is 13.1 Å².